The standard InChI is InChI=1S/C16H31N3S/c1-6-9-10-19(8-3)16-18-14(7-2)15(20-16)12-17-11-13(4)5/h13,17H,6-12H2,1-5H3. The van der Waals surface area contributed by atoms with Gasteiger partial charge >= 0.3 is 0 Å². The molecule has 0 unspecified atom stereocenters. The first kappa shape index (κ1) is 17.4. The summed E-state index contributed by atoms with van der Waals surface area (Å²) < 4.78 is 0. The molecule has 1 N–H and O–H groups in total. The summed E-state index contributed by atoms with van der Waals surface area (Å²) in [5.41, 5.74) is 1.27. The SMILES string of the molecule is CCCCN(CC)c1nc(CC)c(CNCC(C)C)s1. The largest absolute Gasteiger partial charge is 0.348 e. The molecule has 1 aromatic heterocycles. The second-order valence-corrected chi connectivity index (χ2v) is 6.74. The molecular formula is C16H31N3S. The third kappa shape index (κ3) is 5.41. The Morgan fingerprint density at radius 2 is 2.00 bits per heavy atom. The molecule has 0 bridgehead atoms. The van der Waals surface area contributed by atoms with Crippen molar-refractivity contribution in [3.8, 4) is 0 Å². The highest BCUT2D eigenvalue weighted by Crippen LogP contribution is 2.27. The molecular weight excluding hydrogens is 266 g/mol. The zero-order valence-corrected chi connectivity index (χ0v) is 14.6. The van der Waals surface area contributed by atoms with Gasteiger partial charge < -0.3 is 10.2 Å². The lowest BCUT2D eigenvalue weighted by molar-refractivity contribution is 0.553. The van der Waals surface area contributed by atoms with Crippen molar-refractivity contribution in [1.29, 1.82) is 0 Å². The average Bonchev–Trinajstić information content (AvgIpc) is 2.82. The van der Waals surface area contributed by atoms with E-state index < -0.39 is 0 Å². The van der Waals surface area contributed by atoms with Crippen molar-refractivity contribution in [2.24, 2.45) is 5.92 Å². The van der Waals surface area contributed by atoms with Gasteiger partial charge in [0.15, 0.2) is 5.13 Å². The van der Waals surface area contributed by atoms with E-state index >= 15 is 0 Å². The number of hydrogen-bond donors (Lipinski definition) is 1. The van der Waals surface area contributed by atoms with Gasteiger partial charge in [-0.15, -0.1) is 11.3 Å². The Morgan fingerprint density at radius 3 is 2.55 bits per heavy atom. The fraction of sp³-hybridized carbons (Fsp3) is 0.812. The highest BCUT2D eigenvalue weighted by atomic mass is 32.1. The van der Waals surface area contributed by atoms with Crippen molar-refractivity contribution in [2.75, 3.05) is 24.5 Å². The van der Waals surface area contributed by atoms with E-state index in [9.17, 15) is 0 Å². The number of anilines is 1. The number of nitrogens with one attached hydrogen (secondary N) is 1. The van der Waals surface area contributed by atoms with E-state index in [0.717, 1.165) is 32.6 Å². The number of rotatable bonds is 10. The number of aryl methyl sites for hydroxylation is 1. The number of nitrogens with zero attached hydrogens (tertiary/aromatic N) is 2. The number of unbranched alkanes of at least 4 members (excludes halogenated alkanes) is 1. The lowest BCUT2D eigenvalue weighted by Gasteiger charge is -2.19. The second-order valence-electron chi connectivity index (χ2n) is 5.68. The molecule has 116 valence electrons. The summed E-state index contributed by atoms with van der Waals surface area (Å²) in [5, 5.41) is 4.75. The predicted molar refractivity (Wildman–Crippen MR) is 90.8 cm³/mol. The highest BCUT2D eigenvalue weighted by Gasteiger charge is 2.14. The molecule has 0 spiro atoms. The zero-order valence-electron chi connectivity index (χ0n) is 13.8. The molecule has 3 nitrogen and oxygen atoms in total. The average molecular weight is 298 g/mol. The maximum Gasteiger partial charge on any atom is 0.185 e. The quantitative estimate of drug-likeness (QED) is 0.705. The Kier molecular flexibility index (Phi) is 8.15. The Bertz CT molecular complexity index is 374. The van der Waals surface area contributed by atoms with Crippen molar-refractivity contribution >= 4 is 16.5 Å². The van der Waals surface area contributed by atoms with Crippen LogP contribution in [-0.4, -0.2) is 24.6 Å². The summed E-state index contributed by atoms with van der Waals surface area (Å²) in [6.45, 7) is 15.4. The Hall–Kier alpha value is -0.610. The molecule has 1 heterocycles. The number of thiazole rings is 1. The molecule has 0 atom stereocenters. The summed E-state index contributed by atoms with van der Waals surface area (Å²) >= 11 is 1.87. The Balaban J connectivity index is 2.70. The molecule has 0 saturated carbocycles. The normalized spacial score (nSPS) is 11.3. The van der Waals surface area contributed by atoms with Crippen LogP contribution in [0.1, 0.15) is 58.0 Å². The zero-order chi connectivity index (χ0) is 15.0. The van der Waals surface area contributed by atoms with E-state index in [-0.39, 0.29) is 0 Å². The first-order valence-electron chi connectivity index (χ1n) is 8.06. The van der Waals surface area contributed by atoms with Crippen LogP contribution in [0.3, 0.4) is 0 Å². The fourth-order valence-electron chi connectivity index (χ4n) is 2.13. The van der Waals surface area contributed by atoms with E-state index in [1.807, 2.05) is 11.3 Å². The molecule has 0 amide bonds. The third-order valence-corrected chi connectivity index (χ3v) is 4.53. The molecule has 0 aliphatic rings. The van der Waals surface area contributed by atoms with Crippen LogP contribution in [0.25, 0.3) is 0 Å². The lowest BCUT2D eigenvalue weighted by Crippen LogP contribution is -2.23. The third-order valence-electron chi connectivity index (χ3n) is 3.37. The van der Waals surface area contributed by atoms with Gasteiger partial charge in [-0.2, -0.15) is 0 Å². The van der Waals surface area contributed by atoms with Crippen LogP contribution < -0.4 is 10.2 Å². The topological polar surface area (TPSA) is 28.2 Å². The van der Waals surface area contributed by atoms with E-state index in [1.54, 1.807) is 0 Å². The van der Waals surface area contributed by atoms with Gasteiger partial charge in [-0.25, -0.2) is 4.98 Å². The monoisotopic (exact) mass is 297 g/mol. The number of aromatic nitrogens is 1. The molecule has 0 fully saturated rings. The van der Waals surface area contributed by atoms with Crippen molar-refractivity contribution < 1.29 is 0 Å². The molecule has 20 heavy (non-hydrogen) atoms. The van der Waals surface area contributed by atoms with Crippen molar-refractivity contribution in [2.45, 2.75) is 60.4 Å². The molecule has 0 saturated heterocycles. The van der Waals surface area contributed by atoms with E-state index in [4.69, 9.17) is 4.98 Å². The van der Waals surface area contributed by atoms with Gasteiger partial charge in [0.2, 0.25) is 0 Å². The van der Waals surface area contributed by atoms with Crippen LogP contribution >= 0.6 is 11.3 Å². The molecule has 0 radical (unpaired) electrons. The highest BCUT2D eigenvalue weighted by molar-refractivity contribution is 7.15. The maximum atomic E-state index is 4.85. The van der Waals surface area contributed by atoms with Gasteiger partial charge in [-0.1, -0.05) is 34.1 Å². The summed E-state index contributed by atoms with van der Waals surface area (Å²) in [6.07, 6.45) is 3.52. The van der Waals surface area contributed by atoms with Gasteiger partial charge in [-0.3, -0.25) is 0 Å². The van der Waals surface area contributed by atoms with E-state index in [2.05, 4.69) is 44.8 Å². The van der Waals surface area contributed by atoms with Crippen LogP contribution in [0, 0.1) is 5.92 Å². The summed E-state index contributed by atoms with van der Waals surface area (Å²) in [5.74, 6) is 0.698. The molecule has 4 heteroatoms. The minimum absolute atomic E-state index is 0.698. The first-order valence-corrected chi connectivity index (χ1v) is 8.88. The summed E-state index contributed by atoms with van der Waals surface area (Å²) in [4.78, 5) is 8.69. The molecule has 0 aliphatic carbocycles. The van der Waals surface area contributed by atoms with Gasteiger partial charge in [0, 0.05) is 24.5 Å². The van der Waals surface area contributed by atoms with Gasteiger partial charge in [0.25, 0.3) is 0 Å². The van der Waals surface area contributed by atoms with E-state index in [0.29, 0.717) is 5.92 Å². The summed E-state index contributed by atoms with van der Waals surface area (Å²) in [7, 11) is 0. The van der Waals surface area contributed by atoms with Gasteiger partial charge in [0.1, 0.15) is 0 Å². The van der Waals surface area contributed by atoms with Crippen LogP contribution in [0.2, 0.25) is 0 Å². The molecule has 1 aromatic rings. The van der Waals surface area contributed by atoms with Crippen molar-refractivity contribution in [3.05, 3.63) is 10.6 Å². The number of hydrogen-bond acceptors (Lipinski definition) is 4. The van der Waals surface area contributed by atoms with Crippen molar-refractivity contribution in [3.63, 3.8) is 0 Å². The minimum Gasteiger partial charge on any atom is -0.348 e. The van der Waals surface area contributed by atoms with Gasteiger partial charge in [0.05, 0.1) is 5.69 Å². The minimum atomic E-state index is 0.698. The van der Waals surface area contributed by atoms with E-state index in [1.165, 1.54) is 28.5 Å². The molecule has 1 rings (SSSR count). The second kappa shape index (κ2) is 9.35. The molecule has 0 aromatic carbocycles. The van der Waals surface area contributed by atoms with Crippen LogP contribution in [0.4, 0.5) is 5.13 Å². The Labute approximate surface area is 128 Å². The lowest BCUT2D eigenvalue weighted by atomic mass is 10.2. The smallest absolute Gasteiger partial charge is 0.185 e. The maximum absolute atomic E-state index is 4.85. The fourth-order valence-corrected chi connectivity index (χ4v) is 3.34. The van der Waals surface area contributed by atoms with Crippen LogP contribution in [0.15, 0.2) is 0 Å². The van der Waals surface area contributed by atoms with Crippen molar-refractivity contribution in [1.82, 2.24) is 10.3 Å². The Morgan fingerprint density at radius 1 is 1.25 bits per heavy atom. The summed E-state index contributed by atoms with van der Waals surface area (Å²) in [6, 6.07) is 0. The van der Waals surface area contributed by atoms with Crippen LogP contribution in [-0.2, 0) is 13.0 Å². The van der Waals surface area contributed by atoms with Crippen LogP contribution in [0.5, 0.6) is 0 Å². The predicted octanol–water partition coefficient (Wildman–Crippen LogP) is 4.08. The first-order chi connectivity index (χ1) is 9.62. The van der Waals surface area contributed by atoms with Gasteiger partial charge in [-0.05, 0) is 32.2 Å². The molecule has 0 aliphatic heterocycles.